The van der Waals surface area contributed by atoms with Crippen LogP contribution in [0.4, 0.5) is 0 Å². The molecule has 0 amide bonds. The number of hydrogen-bond acceptors (Lipinski definition) is 4. The highest BCUT2D eigenvalue weighted by molar-refractivity contribution is 5.84. The summed E-state index contributed by atoms with van der Waals surface area (Å²) < 4.78 is 7.53. The summed E-state index contributed by atoms with van der Waals surface area (Å²) >= 11 is 0. The van der Waals surface area contributed by atoms with Crippen LogP contribution in [0.3, 0.4) is 0 Å². The number of pyridine rings is 1. The molecule has 0 bridgehead atoms. The fourth-order valence-electron chi connectivity index (χ4n) is 3.79. The average Bonchev–Trinajstić information content (AvgIpc) is 3.15. The zero-order valence-corrected chi connectivity index (χ0v) is 16.8. The lowest BCUT2D eigenvalue weighted by atomic mass is 10.0. The van der Waals surface area contributed by atoms with E-state index in [0.717, 1.165) is 50.7 Å². The van der Waals surface area contributed by atoms with Crippen LogP contribution in [0.15, 0.2) is 85.2 Å². The van der Waals surface area contributed by atoms with Gasteiger partial charge in [0, 0.05) is 29.1 Å². The highest BCUT2D eigenvalue weighted by atomic mass is 16.5. The van der Waals surface area contributed by atoms with Crippen molar-refractivity contribution in [3.63, 3.8) is 0 Å². The van der Waals surface area contributed by atoms with Crippen molar-refractivity contribution < 1.29 is 4.74 Å². The molecule has 5 nitrogen and oxygen atoms in total. The molecule has 0 fully saturated rings. The zero-order chi connectivity index (χ0) is 20.5. The van der Waals surface area contributed by atoms with Crippen LogP contribution in [0.1, 0.15) is 5.69 Å². The van der Waals surface area contributed by atoms with E-state index in [-0.39, 0.29) is 0 Å². The summed E-state index contributed by atoms with van der Waals surface area (Å²) in [5.41, 5.74) is 7.62. The lowest BCUT2D eigenvalue weighted by molar-refractivity contribution is 0.416. The molecule has 0 spiro atoms. The van der Waals surface area contributed by atoms with Gasteiger partial charge in [0.2, 0.25) is 0 Å². The molecule has 3 aromatic heterocycles. The van der Waals surface area contributed by atoms with Gasteiger partial charge < -0.3 is 4.74 Å². The molecule has 0 N–H and O–H groups in total. The SMILES string of the molecule is COc1ccccc1-c1cc(-c2ccncc2)n2nc(C)c(-c3ccccc3)c2n1. The third-order valence-electron chi connectivity index (χ3n) is 5.19. The minimum atomic E-state index is 0.785. The van der Waals surface area contributed by atoms with Crippen LogP contribution in [0.25, 0.3) is 39.3 Å². The minimum Gasteiger partial charge on any atom is -0.496 e. The standard InChI is InChI=1S/C25H20N4O/c1-17-24(19-8-4-3-5-9-19)25-27-21(20-10-6-7-11-23(20)30-2)16-22(29(25)28-17)18-12-14-26-15-13-18/h3-16H,1-2H3. The predicted molar refractivity (Wildman–Crippen MR) is 118 cm³/mol. The first-order valence-corrected chi connectivity index (χ1v) is 9.76. The van der Waals surface area contributed by atoms with E-state index in [1.807, 2.05) is 66.0 Å². The molecular formula is C25H20N4O. The summed E-state index contributed by atoms with van der Waals surface area (Å²) in [5.74, 6) is 0.785. The third-order valence-corrected chi connectivity index (χ3v) is 5.19. The molecule has 30 heavy (non-hydrogen) atoms. The topological polar surface area (TPSA) is 52.3 Å². The molecule has 0 saturated carbocycles. The Labute approximate surface area is 174 Å². The Morgan fingerprint density at radius 1 is 0.833 bits per heavy atom. The van der Waals surface area contributed by atoms with E-state index < -0.39 is 0 Å². The maximum absolute atomic E-state index is 5.61. The van der Waals surface area contributed by atoms with Crippen LogP contribution in [0.5, 0.6) is 5.75 Å². The van der Waals surface area contributed by atoms with Gasteiger partial charge in [0.15, 0.2) is 5.65 Å². The van der Waals surface area contributed by atoms with Crippen molar-refractivity contribution in [2.45, 2.75) is 6.92 Å². The van der Waals surface area contributed by atoms with Gasteiger partial charge in [-0.05, 0) is 42.8 Å². The van der Waals surface area contributed by atoms with E-state index in [0.29, 0.717) is 0 Å². The van der Waals surface area contributed by atoms with Crippen molar-refractivity contribution in [2.75, 3.05) is 7.11 Å². The Hall–Kier alpha value is -3.99. The van der Waals surface area contributed by atoms with E-state index in [9.17, 15) is 0 Å². The average molecular weight is 392 g/mol. The summed E-state index contributed by atoms with van der Waals surface area (Å²) in [7, 11) is 1.68. The van der Waals surface area contributed by atoms with Gasteiger partial charge in [-0.1, -0.05) is 42.5 Å². The highest BCUT2D eigenvalue weighted by Gasteiger charge is 2.19. The number of hydrogen-bond donors (Lipinski definition) is 0. The molecule has 5 rings (SSSR count). The number of rotatable bonds is 4. The molecule has 2 aromatic carbocycles. The predicted octanol–water partition coefficient (Wildman–Crippen LogP) is 5.44. The molecule has 0 aliphatic carbocycles. The van der Waals surface area contributed by atoms with Crippen molar-refractivity contribution >= 4 is 5.65 Å². The second-order valence-corrected chi connectivity index (χ2v) is 7.02. The number of fused-ring (bicyclic) bond motifs is 1. The smallest absolute Gasteiger partial charge is 0.164 e. The van der Waals surface area contributed by atoms with Gasteiger partial charge in [-0.3, -0.25) is 4.98 Å². The Morgan fingerprint density at radius 3 is 2.33 bits per heavy atom. The van der Waals surface area contributed by atoms with Crippen LogP contribution in [0, 0.1) is 6.92 Å². The molecule has 0 aliphatic rings. The van der Waals surface area contributed by atoms with Gasteiger partial charge in [0.1, 0.15) is 5.75 Å². The Bertz CT molecular complexity index is 1330. The number of nitrogens with zero attached hydrogens (tertiary/aromatic N) is 4. The third kappa shape index (κ3) is 3.01. The molecule has 0 radical (unpaired) electrons. The Morgan fingerprint density at radius 2 is 1.57 bits per heavy atom. The monoisotopic (exact) mass is 392 g/mol. The Balaban J connectivity index is 1.87. The summed E-state index contributed by atoms with van der Waals surface area (Å²) in [4.78, 5) is 9.21. The van der Waals surface area contributed by atoms with Crippen molar-refractivity contribution in [1.82, 2.24) is 19.6 Å². The molecule has 5 aromatic rings. The lowest BCUT2D eigenvalue weighted by Gasteiger charge is -2.12. The molecule has 0 saturated heterocycles. The van der Waals surface area contributed by atoms with Crippen molar-refractivity contribution in [3.05, 3.63) is 90.9 Å². The van der Waals surface area contributed by atoms with Crippen LogP contribution in [-0.2, 0) is 0 Å². The second kappa shape index (κ2) is 7.44. The van der Waals surface area contributed by atoms with Crippen LogP contribution in [-0.4, -0.2) is 26.7 Å². The number of para-hydroxylation sites is 1. The van der Waals surface area contributed by atoms with Crippen molar-refractivity contribution in [3.8, 4) is 39.4 Å². The van der Waals surface area contributed by atoms with Crippen molar-refractivity contribution in [1.29, 1.82) is 0 Å². The van der Waals surface area contributed by atoms with Crippen LogP contribution in [0.2, 0.25) is 0 Å². The molecule has 5 heteroatoms. The quantitative estimate of drug-likeness (QED) is 0.408. The van der Waals surface area contributed by atoms with Crippen LogP contribution < -0.4 is 4.74 Å². The summed E-state index contributed by atoms with van der Waals surface area (Å²) in [6, 6.07) is 24.2. The molecular weight excluding hydrogens is 372 g/mol. The van der Waals surface area contributed by atoms with E-state index in [4.69, 9.17) is 14.8 Å². The maximum atomic E-state index is 5.61. The number of methoxy groups -OCH3 is 1. The lowest BCUT2D eigenvalue weighted by Crippen LogP contribution is -2.00. The molecule has 3 heterocycles. The van der Waals surface area contributed by atoms with E-state index in [2.05, 4.69) is 23.2 Å². The highest BCUT2D eigenvalue weighted by Crippen LogP contribution is 2.35. The number of aryl methyl sites for hydroxylation is 1. The van der Waals surface area contributed by atoms with Crippen molar-refractivity contribution in [2.24, 2.45) is 0 Å². The largest absolute Gasteiger partial charge is 0.496 e. The van der Waals surface area contributed by atoms with Gasteiger partial charge in [-0.15, -0.1) is 0 Å². The summed E-state index contributed by atoms with van der Waals surface area (Å²) in [6.07, 6.45) is 3.58. The van der Waals surface area contributed by atoms with E-state index >= 15 is 0 Å². The molecule has 0 aliphatic heterocycles. The normalized spacial score (nSPS) is 11.0. The molecule has 146 valence electrons. The van der Waals surface area contributed by atoms with Gasteiger partial charge in [-0.25, -0.2) is 9.50 Å². The first-order chi connectivity index (χ1) is 14.8. The molecule has 0 unspecified atom stereocenters. The summed E-state index contributed by atoms with van der Waals surface area (Å²) in [6.45, 7) is 2.02. The van der Waals surface area contributed by atoms with Gasteiger partial charge in [0.05, 0.1) is 24.2 Å². The van der Waals surface area contributed by atoms with E-state index in [1.165, 1.54) is 0 Å². The minimum absolute atomic E-state index is 0.785. The first-order valence-electron chi connectivity index (χ1n) is 9.76. The van der Waals surface area contributed by atoms with Gasteiger partial charge in [-0.2, -0.15) is 5.10 Å². The summed E-state index contributed by atoms with van der Waals surface area (Å²) in [5, 5.41) is 4.85. The Kier molecular flexibility index (Phi) is 4.48. The molecule has 0 atom stereocenters. The zero-order valence-electron chi connectivity index (χ0n) is 16.8. The van der Waals surface area contributed by atoms with Gasteiger partial charge >= 0.3 is 0 Å². The second-order valence-electron chi connectivity index (χ2n) is 7.02. The number of aromatic nitrogens is 4. The fraction of sp³-hybridized carbons (Fsp3) is 0.0800. The fourth-order valence-corrected chi connectivity index (χ4v) is 3.79. The first kappa shape index (κ1) is 18.1. The number of benzene rings is 2. The van der Waals surface area contributed by atoms with Gasteiger partial charge in [0.25, 0.3) is 0 Å². The maximum Gasteiger partial charge on any atom is 0.164 e. The van der Waals surface area contributed by atoms with E-state index in [1.54, 1.807) is 19.5 Å². The van der Waals surface area contributed by atoms with Crippen LogP contribution >= 0.6 is 0 Å². The number of ether oxygens (including phenoxy) is 1.